The minimum absolute atomic E-state index is 0.0229. The first kappa shape index (κ1) is 50.3. The molecule has 2 saturated carbocycles. The molecule has 0 radical (unpaired) electrons. The van der Waals surface area contributed by atoms with Gasteiger partial charge in [0.25, 0.3) is 21.8 Å². The number of amides is 1. The Morgan fingerprint density at radius 1 is 0.959 bits per heavy atom. The molecule has 6 aliphatic rings. The molecule has 3 aromatic carbocycles. The molecule has 5 fully saturated rings. The molecule has 11 rings (SSSR count). The lowest BCUT2D eigenvalue weighted by atomic mass is 9.59. The summed E-state index contributed by atoms with van der Waals surface area (Å²) in [5.74, 6) is -0.584. The minimum Gasteiger partial charge on any atom is -0.489 e. The summed E-state index contributed by atoms with van der Waals surface area (Å²) in [6, 6.07) is 18.8. The Bertz CT molecular complexity index is 3020. The first-order chi connectivity index (χ1) is 35.5. The van der Waals surface area contributed by atoms with Gasteiger partial charge in [0, 0.05) is 68.3 Å². The van der Waals surface area contributed by atoms with Crippen molar-refractivity contribution in [2.45, 2.75) is 138 Å². The molecule has 2 aliphatic carbocycles. The lowest BCUT2D eigenvalue weighted by Gasteiger charge is -2.56. The molecular weight excluding hydrogens is 964 g/mol. The van der Waals surface area contributed by atoms with Crippen molar-refractivity contribution in [3.05, 3.63) is 94.3 Å². The molecular formula is C56H69FN8O8S. The second-order valence-corrected chi connectivity index (χ2v) is 24.4. The highest BCUT2D eigenvalue weighted by Gasteiger charge is 2.50. The van der Waals surface area contributed by atoms with Crippen molar-refractivity contribution in [2.24, 2.45) is 16.5 Å². The van der Waals surface area contributed by atoms with Crippen LogP contribution in [0.25, 0.3) is 11.0 Å². The standard InChI is InChI=1S/C56H69FN8O8S/c1-34(2)40-8-5-6-9-41(40)47-10-7-21-65(47)37-30-56(31-37)19-24-64(25-20-56)36-11-12-42(48(26-36)73-50-29-43-44(57)32-58-52(43)60-54(50)72-38-15-22-63(4)23-16-38)53(66)62-74(69,70)39-27-45(61-68)51-49(28-39)71-33-46(59-51)35-13-17-55(3,67)18-14-35/h5-6,8-9,11-12,26-29,32,34-35,37-38,46-47,59,67H,7,10,13-25,30-31,33H2,1-4H3,(H,58,60)(H,62,66)/t35-,46-,47-,55-/m1/s1. The second kappa shape index (κ2) is 20.0. The van der Waals surface area contributed by atoms with Gasteiger partial charge in [-0.05, 0) is 149 Å². The van der Waals surface area contributed by atoms with Crippen LogP contribution in [0.15, 0.2) is 76.9 Å². The van der Waals surface area contributed by atoms with Crippen molar-refractivity contribution in [2.75, 3.05) is 56.6 Å². The number of benzene rings is 3. The first-order valence-electron chi connectivity index (χ1n) is 26.7. The quantitative estimate of drug-likeness (QED) is 0.0816. The first-order valence-corrected chi connectivity index (χ1v) is 28.2. The van der Waals surface area contributed by atoms with Crippen LogP contribution in [-0.2, 0) is 10.0 Å². The number of carbonyl (C=O) groups is 1. The van der Waals surface area contributed by atoms with E-state index in [2.05, 4.69) is 85.0 Å². The van der Waals surface area contributed by atoms with Crippen molar-refractivity contribution in [1.82, 2.24) is 24.5 Å². The van der Waals surface area contributed by atoms with Crippen LogP contribution in [0.5, 0.6) is 23.1 Å². The highest BCUT2D eigenvalue weighted by atomic mass is 32.2. The van der Waals surface area contributed by atoms with Crippen LogP contribution in [-0.4, -0.2) is 109 Å². The summed E-state index contributed by atoms with van der Waals surface area (Å²) < 4.78 is 65.1. The predicted octanol–water partition coefficient (Wildman–Crippen LogP) is 10.3. The van der Waals surface area contributed by atoms with Gasteiger partial charge in [-0.15, -0.1) is 4.91 Å². The molecule has 394 valence electrons. The van der Waals surface area contributed by atoms with E-state index in [4.69, 9.17) is 14.2 Å². The zero-order valence-corrected chi connectivity index (χ0v) is 43.7. The molecule has 4 aliphatic heterocycles. The molecule has 2 atom stereocenters. The normalized spacial score (nSPS) is 24.8. The zero-order chi connectivity index (χ0) is 51.5. The number of hydrogen-bond acceptors (Lipinski definition) is 14. The Kier molecular flexibility index (Phi) is 13.6. The van der Waals surface area contributed by atoms with Gasteiger partial charge in [0.1, 0.15) is 47.0 Å². The average molecular weight is 1030 g/mol. The number of aliphatic hydroxyl groups is 1. The molecule has 6 heterocycles. The third-order valence-corrected chi connectivity index (χ3v) is 18.6. The predicted molar refractivity (Wildman–Crippen MR) is 282 cm³/mol. The summed E-state index contributed by atoms with van der Waals surface area (Å²) in [5, 5.41) is 17.2. The maximum absolute atomic E-state index is 15.2. The summed E-state index contributed by atoms with van der Waals surface area (Å²) in [7, 11) is -2.59. The van der Waals surface area contributed by atoms with Gasteiger partial charge in [-0.2, -0.15) is 4.98 Å². The molecule has 16 nitrogen and oxygen atoms in total. The number of ether oxygens (including phenoxy) is 3. The van der Waals surface area contributed by atoms with E-state index in [1.807, 2.05) is 6.92 Å². The van der Waals surface area contributed by atoms with Gasteiger partial charge in [0.15, 0.2) is 5.75 Å². The highest BCUT2D eigenvalue weighted by Crippen LogP contribution is 2.55. The van der Waals surface area contributed by atoms with Crippen molar-refractivity contribution >= 4 is 44.0 Å². The number of nitrogens with one attached hydrogen (secondary N) is 3. The molecule has 18 heteroatoms. The van der Waals surface area contributed by atoms with Crippen molar-refractivity contribution < 1.29 is 36.9 Å². The molecule has 4 N–H and O–H groups in total. The number of fused-ring (bicyclic) bond motifs is 2. The summed E-state index contributed by atoms with van der Waals surface area (Å²) in [6.45, 7) is 10.9. The van der Waals surface area contributed by atoms with Crippen LogP contribution in [0.2, 0.25) is 0 Å². The molecule has 0 bridgehead atoms. The van der Waals surface area contributed by atoms with Gasteiger partial charge < -0.3 is 39.4 Å². The monoisotopic (exact) mass is 1030 g/mol. The molecule has 1 amide bonds. The van der Waals surface area contributed by atoms with Crippen LogP contribution in [0.3, 0.4) is 0 Å². The Morgan fingerprint density at radius 2 is 1.72 bits per heavy atom. The van der Waals surface area contributed by atoms with E-state index in [-0.39, 0.29) is 86.1 Å². The zero-order valence-electron chi connectivity index (χ0n) is 42.9. The SMILES string of the molecule is CC(C)c1ccccc1[C@H]1CCCN1C1CC2(CCN(c3ccc(C(=O)NS(=O)(=O)c4cc(N=O)c5c(c4)OC[C@H]([C@H]4CC[C@](C)(O)CC4)N5)c(Oc4cc5c(F)c[nH]c5nc4OC4CCN(C)CC4)c3)CC2)C1. The van der Waals surface area contributed by atoms with Crippen LogP contribution in [0.1, 0.15) is 131 Å². The van der Waals surface area contributed by atoms with Gasteiger partial charge in [0.2, 0.25) is 0 Å². The number of nitrogens with zero attached hydrogens (tertiary/aromatic N) is 5. The molecule has 74 heavy (non-hydrogen) atoms. The Hall–Kier alpha value is -5.82. The maximum Gasteiger partial charge on any atom is 0.268 e. The molecule has 0 unspecified atom stereocenters. The third kappa shape index (κ3) is 10.1. The molecule has 5 aromatic rings. The number of piperidine rings is 2. The maximum atomic E-state index is 15.2. The van der Waals surface area contributed by atoms with Gasteiger partial charge in [-0.3, -0.25) is 9.69 Å². The number of likely N-dealkylation sites (tertiary alicyclic amines) is 2. The van der Waals surface area contributed by atoms with Gasteiger partial charge in [-0.1, -0.05) is 38.1 Å². The van der Waals surface area contributed by atoms with Crippen molar-refractivity contribution in [3.8, 4) is 23.1 Å². The van der Waals surface area contributed by atoms with Gasteiger partial charge >= 0.3 is 0 Å². The number of nitroso groups, excluding NO2 is 1. The van der Waals surface area contributed by atoms with E-state index in [1.54, 1.807) is 18.2 Å². The number of pyridine rings is 1. The largest absolute Gasteiger partial charge is 0.489 e. The summed E-state index contributed by atoms with van der Waals surface area (Å²) in [4.78, 5) is 41.2. The van der Waals surface area contributed by atoms with Crippen LogP contribution >= 0.6 is 0 Å². The fourth-order valence-corrected chi connectivity index (χ4v) is 13.8. The summed E-state index contributed by atoms with van der Waals surface area (Å²) in [5.41, 5.74) is 3.49. The smallest absolute Gasteiger partial charge is 0.268 e. The van der Waals surface area contributed by atoms with Gasteiger partial charge in [-0.25, -0.2) is 17.5 Å². The van der Waals surface area contributed by atoms with Crippen LogP contribution < -0.4 is 29.1 Å². The fraction of sp³-hybridized carbons (Fsp3) is 0.536. The van der Waals surface area contributed by atoms with E-state index in [0.29, 0.717) is 30.8 Å². The van der Waals surface area contributed by atoms with Crippen molar-refractivity contribution in [1.29, 1.82) is 0 Å². The molecule has 3 saturated heterocycles. The minimum atomic E-state index is -4.64. The van der Waals surface area contributed by atoms with E-state index < -0.39 is 27.3 Å². The fourth-order valence-electron chi connectivity index (χ4n) is 12.8. The average Bonchev–Trinajstić information content (AvgIpc) is 4.02. The number of anilines is 2. The topological polar surface area (TPSA) is 191 Å². The van der Waals surface area contributed by atoms with Gasteiger partial charge in [0.05, 0.1) is 27.5 Å². The Balaban J connectivity index is 0.849. The highest BCUT2D eigenvalue weighted by molar-refractivity contribution is 7.90. The lowest BCUT2D eigenvalue weighted by Crippen LogP contribution is -2.54. The Morgan fingerprint density at radius 3 is 2.46 bits per heavy atom. The third-order valence-electron chi connectivity index (χ3n) is 17.3. The van der Waals surface area contributed by atoms with Crippen LogP contribution in [0, 0.1) is 22.1 Å². The van der Waals surface area contributed by atoms with Crippen molar-refractivity contribution in [3.63, 3.8) is 0 Å². The lowest BCUT2D eigenvalue weighted by molar-refractivity contribution is -0.0227. The number of halogens is 1. The van der Waals surface area contributed by atoms with E-state index in [0.717, 1.165) is 95.8 Å². The number of H-pyrrole nitrogens is 1. The summed E-state index contributed by atoms with van der Waals surface area (Å²) in [6.07, 6.45) is 12.0. The van der Waals surface area contributed by atoms with E-state index in [9.17, 15) is 23.2 Å². The van der Waals surface area contributed by atoms with Crippen LogP contribution in [0.4, 0.5) is 21.5 Å². The molecule has 1 spiro atoms. The van der Waals surface area contributed by atoms with E-state index >= 15 is 4.39 Å². The number of sulfonamides is 1. The second-order valence-electron chi connectivity index (χ2n) is 22.7. The number of carbonyl (C=O) groups excluding carboxylic acids is 1. The molecule has 2 aromatic heterocycles. The summed E-state index contributed by atoms with van der Waals surface area (Å²) >= 11 is 0. The van der Waals surface area contributed by atoms with E-state index in [1.165, 1.54) is 42.3 Å². The number of rotatable bonds is 13. The number of aromatic nitrogens is 2. The number of aromatic amines is 1. The Labute approximate surface area is 432 Å². The number of hydrogen-bond donors (Lipinski definition) is 4.